The lowest BCUT2D eigenvalue weighted by atomic mass is 9.96. The molecular formula is C13H24N2O3. The van der Waals surface area contributed by atoms with Crippen molar-refractivity contribution in [3.8, 4) is 0 Å². The van der Waals surface area contributed by atoms with Crippen LogP contribution in [0, 0.1) is 11.8 Å². The van der Waals surface area contributed by atoms with E-state index in [2.05, 4.69) is 0 Å². The maximum Gasteiger partial charge on any atom is 0.310 e. The fourth-order valence-electron chi connectivity index (χ4n) is 2.13. The van der Waals surface area contributed by atoms with Gasteiger partial charge in [0.1, 0.15) is 0 Å². The first-order valence-electron chi connectivity index (χ1n) is 6.68. The lowest BCUT2D eigenvalue weighted by Gasteiger charge is -2.33. The van der Waals surface area contributed by atoms with Gasteiger partial charge in [-0.05, 0) is 25.7 Å². The van der Waals surface area contributed by atoms with Gasteiger partial charge in [0.25, 0.3) is 0 Å². The van der Waals surface area contributed by atoms with E-state index in [0.29, 0.717) is 19.7 Å². The summed E-state index contributed by atoms with van der Waals surface area (Å²) in [5.41, 5.74) is 5.86. The molecule has 0 saturated carbocycles. The Kier molecular flexibility index (Phi) is 5.59. The Morgan fingerprint density at radius 2 is 2.11 bits per heavy atom. The zero-order valence-electron chi connectivity index (χ0n) is 11.5. The summed E-state index contributed by atoms with van der Waals surface area (Å²) in [6, 6.07) is -0.481. The molecule has 1 unspecified atom stereocenters. The lowest BCUT2D eigenvalue weighted by molar-refractivity contribution is -0.151. The van der Waals surface area contributed by atoms with E-state index < -0.39 is 6.04 Å². The van der Waals surface area contributed by atoms with Crippen molar-refractivity contribution in [3.63, 3.8) is 0 Å². The van der Waals surface area contributed by atoms with Crippen LogP contribution in [0.5, 0.6) is 0 Å². The number of ether oxygens (including phenoxy) is 1. The monoisotopic (exact) mass is 256 g/mol. The number of amides is 1. The molecule has 1 rings (SSSR count). The van der Waals surface area contributed by atoms with Crippen LogP contribution in [-0.2, 0) is 14.3 Å². The van der Waals surface area contributed by atoms with E-state index in [9.17, 15) is 9.59 Å². The molecule has 1 saturated heterocycles. The number of piperidine rings is 1. The fourth-order valence-corrected chi connectivity index (χ4v) is 2.13. The zero-order chi connectivity index (χ0) is 13.7. The molecule has 1 amide bonds. The summed E-state index contributed by atoms with van der Waals surface area (Å²) in [4.78, 5) is 25.5. The van der Waals surface area contributed by atoms with Crippen molar-refractivity contribution in [1.82, 2.24) is 4.90 Å². The topological polar surface area (TPSA) is 72.6 Å². The van der Waals surface area contributed by atoms with Crippen LogP contribution in [0.2, 0.25) is 0 Å². The average Bonchev–Trinajstić information content (AvgIpc) is 2.37. The molecule has 5 nitrogen and oxygen atoms in total. The maximum atomic E-state index is 12.1. The number of rotatable bonds is 4. The minimum absolute atomic E-state index is 0.0565. The van der Waals surface area contributed by atoms with E-state index in [1.807, 2.05) is 13.8 Å². The molecule has 18 heavy (non-hydrogen) atoms. The van der Waals surface area contributed by atoms with E-state index >= 15 is 0 Å². The fraction of sp³-hybridized carbons (Fsp3) is 0.846. The molecule has 1 heterocycles. The van der Waals surface area contributed by atoms with E-state index in [1.54, 1.807) is 11.8 Å². The van der Waals surface area contributed by atoms with Crippen molar-refractivity contribution in [2.45, 2.75) is 39.7 Å². The Hall–Kier alpha value is -1.10. The van der Waals surface area contributed by atoms with Crippen molar-refractivity contribution in [3.05, 3.63) is 0 Å². The minimum atomic E-state index is -0.481. The molecular weight excluding hydrogens is 232 g/mol. The van der Waals surface area contributed by atoms with Gasteiger partial charge in [-0.3, -0.25) is 9.59 Å². The van der Waals surface area contributed by atoms with Crippen LogP contribution < -0.4 is 5.73 Å². The Bertz CT molecular complexity index is 305. The molecule has 0 radical (unpaired) electrons. The second-order valence-electron chi connectivity index (χ2n) is 5.15. The summed E-state index contributed by atoms with van der Waals surface area (Å²) >= 11 is 0. The third kappa shape index (κ3) is 3.70. The summed E-state index contributed by atoms with van der Waals surface area (Å²) in [7, 11) is 0. The summed E-state index contributed by atoms with van der Waals surface area (Å²) in [6.07, 6.45) is 1.62. The van der Waals surface area contributed by atoms with Gasteiger partial charge >= 0.3 is 5.97 Å². The smallest absolute Gasteiger partial charge is 0.310 e. The number of carbonyl (C=O) groups is 2. The number of likely N-dealkylation sites (tertiary alicyclic amines) is 1. The van der Waals surface area contributed by atoms with Gasteiger partial charge in [0.15, 0.2) is 0 Å². The third-order valence-electron chi connectivity index (χ3n) is 3.36. The van der Waals surface area contributed by atoms with Crippen LogP contribution in [-0.4, -0.2) is 42.5 Å². The molecule has 1 aliphatic heterocycles. The van der Waals surface area contributed by atoms with E-state index in [1.165, 1.54) is 0 Å². The molecule has 0 spiro atoms. The predicted octanol–water partition coefficient (Wildman–Crippen LogP) is 0.771. The number of esters is 1. The highest BCUT2D eigenvalue weighted by Gasteiger charge is 2.32. The molecule has 2 N–H and O–H groups in total. The van der Waals surface area contributed by atoms with Crippen LogP contribution in [0.4, 0.5) is 0 Å². The highest BCUT2D eigenvalue weighted by Crippen LogP contribution is 2.19. The van der Waals surface area contributed by atoms with Crippen LogP contribution in [0.1, 0.15) is 33.6 Å². The van der Waals surface area contributed by atoms with Gasteiger partial charge < -0.3 is 15.4 Å². The van der Waals surface area contributed by atoms with E-state index in [0.717, 1.165) is 12.8 Å². The first kappa shape index (κ1) is 15.0. The second-order valence-corrected chi connectivity index (χ2v) is 5.15. The first-order valence-corrected chi connectivity index (χ1v) is 6.68. The van der Waals surface area contributed by atoms with Gasteiger partial charge in [0.05, 0.1) is 18.6 Å². The standard InChI is InChI=1S/C13H24N2O3/c1-4-18-13(17)10-6-5-7-15(8-10)12(16)11(14)9(2)3/h9-11H,4-8,14H2,1-3H3/t10?,11-/m0/s1. The lowest BCUT2D eigenvalue weighted by Crippen LogP contribution is -2.51. The van der Waals surface area contributed by atoms with Crippen LogP contribution in [0.15, 0.2) is 0 Å². The van der Waals surface area contributed by atoms with Crippen molar-refractivity contribution in [2.75, 3.05) is 19.7 Å². The number of nitrogens with two attached hydrogens (primary N) is 1. The highest BCUT2D eigenvalue weighted by atomic mass is 16.5. The maximum absolute atomic E-state index is 12.1. The molecule has 0 aromatic carbocycles. The highest BCUT2D eigenvalue weighted by molar-refractivity contribution is 5.83. The summed E-state index contributed by atoms with van der Waals surface area (Å²) < 4.78 is 5.01. The Labute approximate surface area is 109 Å². The predicted molar refractivity (Wildman–Crippen MR) is 68.8 cm³/mol. The summed E-state index contributed by atoms with van der Waals surface area (Å²) in [5, 5.41) is 0. The number of hydrogen-bond donors (Lipinski definition) is 1. The summed E-state index contributed by atoms with van der Waals surface area (Å²) in [5.74, 6) is -0.338. The third-order valence-corrected chi connectivity index (χ3v) is 3.36. The molecule has 0 aliphatic carbocycles. The SMILES string of the molecule is CCOC(=O)C1CCCN(C(=O)[C@@H](N)C(C)C)C1. The van der Waals surface area contributed by atoms with Crippen LogP contribution in [0.25, 0.3) is 0 Å². The molecule has 1 fully saturated rings. The molecule has 5 heteroatoms. The van der Waals surface area contributed by atoms with Gasteiger partial charge in [0.2, 0.25) is 5.91 Å². The first-order chi connectivity index (χ1) is 8.47. The molecule has 2 atom stereocenters. The van der Waals surface area contributed by atoms with Gasteiger partial charge in [-0.25, -0.2) is 0 Å². The van der Waals surface area contributed by atoms with Crippen molar-refractivity contribution < 1.29 is 14.3 Å². The van der Waals surface area contributed by atoms with Crippen molar-refractivity contribution in [1.29, 1.82) is 0 Å². The molecule has 0 aromatic rings. The Morgan fingerprint density at radius 1 is 1.44 bits per heavy atom. The molecule has 1 aliphatic rings. The Morgan fingerprint density at radius 3 is 2.67 bits per heavy atom. The number of nitrogens with zero attached hydrogens (tertiary/aromatic N) is 1. The van der Waals surface area contributed by atoms with Gasteiger partial charge in [-0.2, -0.15) is 0 Å². The van der Waals surface area contributed by atoms with Gasteiger partial charge in [-0.15, -0.1) is 0 Å². The molecule has 0 bridgehead atoms. The summed E-state index contributed by atoms with van der Waals surface area (Å²) in [6.45, 7) is 7.16. The van der Waals surface area contributed by atoms with E-state index in [4.69, 9.17) is 10.5 Å². The number of carbonyl (C=O) groups excluding carboxylic acids is 2. The largest absolute Gasteiger partial charge is 0.466 e. The quantitative estimate of drug-likeness (QED) is 0.754. The zero-order valence-corrected chi connectivity index (χ0v) is 11.5. The average molecular weight is 256 g/mol. The Balaban J connectivity index is 2.58. The minimum Gasteiger partial charge on any atom is -0.466 e. The molecule has 104 valence electrons. The van der Waals surface area contributed by atoms with Crippen molar-refractivity contribution in [2.24, 2.45) is 17.6 Å². The van der Waals surface area contributed by atoms with Gasteiger partial charge in [0, 0.05) is 13.1 Å². The normalized spacial score (nSPS) is 21.8. The van der Waals surface area contributed by atoms with Gasteiger partial charge in [-0.1, -0.05) is 13.8 Å². The van der Waals surface area contributed by atoms with Crippen LogP contribution >= 0.6 is 0 Å². The number of hydrogen-bond acceptors (Lipinski definition) is 4. The molecule has 0 aromatic heterocycles. The van der Waals surface area contributed by atoms with E-state index in [-0.39, 0.29) is 23.7 Å². The van der Waals surface area contributed by atoms with Crippen LogP contribution in [0.3, 0.4) is 0 Å². The van der Waals surface area contributed by atoms with Crippen molar-refractivity contribution >= 4 is 11.9 Å². The second kappa shape index (κ2) is 6.73.